The van der Waals surface area contributed by atoms with Crippen molar-refractivity contribution in [2.75, 3.05) is 31.6 Å². The second-order valence-corrected chi connectivity index (χ2v) is 10.7. The van der Waals surface area contributed by atoms with Crippen molar-refractivity contribution in [3.05, 3.63) is 72.5 Å². The lowest BCUT2D eigenvalue weighted by atomic mass is 10.3. The molecule has 2 heterocycles. The highest BCUT2D eigenvalue weighted by atomic mass is 32.2. The Labute approximate surface area is 185 Å². The predicted octanol–water partition coefficient (Wildman–Crippen LogP) is 2.39. The maximum Gasteiger partial charge on any atom is 0.291 e. The summed E-state index contributed by atoms with van der Waals surface area (Å²) < 4.78 is 62.3. The van der Waals surface area contributed by atoms with E-state index in [0.717, 1.165) is 0 Å². The van der Waals surface area contributed by atoms with Crippen LogP contribution in [0.1, 0.15) is 10.6 Å². The van der Waals surface area contributed by atoms with Crippen molar-refractivity contribution in [3.63, 3.8) is 0 Å². The first-order valence-corrected chi connectivity index (χ1v) is 12.6. The summed E-state index contributed by atoms with van der Waals surface area (Å²) in [6.07, 6.45) is 0. The first kappa shape index (κ1) is 22.2. The van der Waals surface area contributed by atoms with Crippen LogP contribution in [-0.4, -0.2) is 53.4 Å². The largest absolute Gasteiger partial charge is 0.439 e. The number of furan rings is 1. The van der Waals surface area contributed by atoms with Gasteiger partial charge in [-0.15, -0.1) is 0 Å². The number of rotatable bonds is 6. The van der Waals surface area contributed by atoms with Crippen LogP contribution in [0.3, 0.4) is 0 Å². The van der Waals surface area contributed by atoms with Crippen molar-refractivity contribution in [3.8, 4) is 0 Å². The summed E-state index contributed by atoms with van der Waals surface area (Å²) in [5.74, 6) is -0.854. The smallest absolute Gasteiger partial charge is 0.291 e. The van der Waals surface area contributed by atoms with E-state index in [2.05, 4.69) is 5.32 Å². The highest BCUT2D eigenvalue weighted by molar-refractivity contribution is 7.91. The second-order valence-electron chi connectivity index (χ2n) is 6.93. The lowest BCUT2D eigenvalue weighted by Gasteiger charge is -2.26. The van der Waals surface area contributed by atoms with Crippen LogP contribution in [0.5, 0.6) is 0 Å². The van der Waals surface area contributed by atoms with Crippen LogP contribution in [0.15, 0.2) is 86.0 Å². The van der Waals surface area contributed by atoms with Gasteiger partial charge < -0.3 is 14.5 Å². The number of hydrogen-bond acceptors (Lipinski definition) is 7. The number of amides is 1. The SMILES string of the molecule is O=C(Nc1ccc(S(=O)(=O)N2CCOCC2)cc1)c1ccc(S(=O)(=O)c2ccccc2)o1. The number of nitrogens with zero attached hydrogens (tertiary/aromatic N) is 1. The molecule has 0 bridgehead atoms. The molecular weight excluding hydrogens is 456 g/mol. The van der Waals surface area contributed by atoms with E-state index in [9.17, 15) is 21.6 Å². The standard InChI is InChI=1S/C21H20N2O7S2/c24-21(19-10-11-20(30-19)31(25,26)17-4-2-1-3-5-17)22-16-6-8-18(9-7-16)32(27,28)23-12-14-29-15-13-23/h1-11H,12-15H2,(H,22,24). The Balaban J connectivity index is 1.47. The fourth-order valence-electron chi connectivity index (χ4n) is 3.14. The molecule has 1 aliphatic rings. The van der Waals surface area contributed by atoms with Crippen LogP contribution in [0.4, 0.5) is 5.69 Å². The number of anilines is 1. The number of sulfone groups is 1. The number of nitrogens with one attached hydrogen (secondary N) is 1. The Morgan fingerprint density at radius 3 is 2.12 bits per heavy atom. The molecule has 1 fully saturated rings. The van der Waals surface area contributed by atoms with Crippen LogP contribution >= 0.6 is 0 Å². The summed E-state index contributed by atoms with van der Waals surface area (Å²) in [6, 6.07) is 15.9. The topological polar surface area (TPSA) is 123 Å². The number of carbonyl (C=O) groups is 1. The maximum absolute atomic E-state index is 12.7. The third-order valence-electron chi connectivity index (χ3n) is 4.84. The fourth-order valence-corrected chi connectivity index (χ4v) is 5.74. The molecule has 11 heteroatoms. The van der Waals surface area contributed by atoms with E-state index >= 15 is 0 Å². The summed E-state index contributed by atoms with van der Waals surface area (Å²) >= 11 is 0. The average molecular weight is 477 g/mol. The monoisotopic (exact) mass is 476 g/mol. The number of carbonyl (C=O) groups excluding carboxylic acids is 1. The van der Waals surface area contributed by atoms with Gasteiger partial charge in [-0.1, -0.05) is 18.2 Å². The van der Waals surface area contributed by atoms with Gasteiger partial charge in [0.1, 0.15) is 0 Å². The van der Waals surface area contributed by atoms with Crippen molar-refractivity contribution in [2.45, 2.75) is 14.9 Å². The van der Waals surface area contributed by atoms with E-state index in [1.165, 1.54) is 52.8 Å². The molecule has 9 nitrogen and oxygen atoms in total. The molecular formula is C21H20N2O7S2. The van der Waals surface area contributed by atoms with Gasteiger partial charge in [0, 0.05) is 18.8 Å². The Morgan fingerprint density at radius 2 is 1.47 bits per heavy atom. The third-order valence-corrected chi connectivity index (χ3v) is 8.40. The minimum absolute atomic E-state index is 0.0541. The maximum atomic E-state index is 12.7. The van der Waals surface area contributed by atoms with E-state index in [4.69, 9.17) is 9.15 Å². The minimum Gasteiger partial charge on any atom is -0.439 e. The van der Waals surface area contributed by atoms with Crippen molar-refractivity contribution in [2.24, 2.45) is 0 Å². The lowest BCUT2D eigenvalue weighted by molar-refractivity contribution is 0.0730. The molecule has 0 aliphatic carbocycles. The van der Waals surface area contributed by atoms with Gasteiger partial charge in [-0.3, -0.25) is 4.79 Å². The number of morpholine rings is 1. The molecule has 0 unspecified atom stereocenters. The van der Waals surface area contributed by atoms with E-state index in [1.54, 1.807) is 18.2 Å². The first-order chi connectivity index (χ1) is 15.3. The van der Waals surface area contributed by atoms with Gasteiger partial charge in [-0.25, -0.2) is 16.8 Å². The lowest BCUT2D eigenvalue weighted by Crippen LogP contribution is -2.40. The Morgan fingerprint density at radius 1 is 0.812 bits per heavy atom. The number of sulfonamides is 1. The minimum atomic E-state index is -3.88. The normalized spacial score (nSPS) is 15.4. The molecule has 1 N–H and O–H groups in total. The molecule has 0 radical (unpaired) electrons. The van der Waals surface area contributed by atoms with Crippen LogP contribution in [0.25, 0.3) is 0 Å². The van der Waals surface area contributed by atoms with Gasteiger partial charge in [0.15, 0.2) is 5.76 Å². The molecule has 3 aromatic rings. The Hall–Kier alpha value is -2.99. The number of hydrogen-bond donors (Lipinski definition) is 1. The van der Waals surface area contributed by atoms with Gasteiger partial charge in [0.05, 0.1) is 23.0 Å². The van der Waals surface area contributed by atoms with Gasteiger partial charge in [0.25, 0.3) is 5.91 Å². The zero-order valence-electron chi connectivity index (χ0n) is 16.8. The second kappa shape index (κ2) is 8.87. The van der Waals surface area contributed by atoms with Gasteiger partial charge >= 0.3 is 0 Å². The molecule has 4 rings (SSSR count). The first-order valence-electron chi connectivity index (χ1n) is 9.68. The van der Waals surface area contributed by atoms with Crippen LogP contribution < -0.4 is 5.32 Å². The van der Waals surface area contributed by atoms with E-state index < -0.39 is 25.8 Å². The molecule has 2 aromatic carbocycles. The van der Waals surface area contributed by atoms with Crippen LogP contribution in [0.2, 0.25) is 0 Å². The van der Waals surface area contributed by atoms with E-state index in [-0.39, 0.29) is 33.7 Å². The van der Waals surface area contributed by atoms with Gasteiger partial charge in [-0.2, -0.15) is 4.31 Å². The zero-order chi connectivity index (χ0) is 22.8. The molecule has 1 amide bonds. The Kier molecular flexibility index (Phi) is 6.15. The van der Waals surface area contributed by atoms with Gasteiger partial charge in [-0.05, 0) is 48.5 Å². The van der Waals surface area contributed by atoms with E-state index in [1.807, 2.05) is 0 Å². The summed E-state index contributed by atoms with van der Waals surface area (Å²) in [5.41, 5.74) is 0.333. The summed E-state index contributed by atoms with van der Waals surface area (Å²) in [7, 11) is -7.53. The molecule has 1 aromatic heterocycles. The average Bonchev–Trinajstić information content (AvgIpc) is 3.32. The van der Waals surface area contributed by atoms with Crippen molar-refractivity contribution in [1.82, 2.24) is 4.31 Å². The molecule has 168 valence electrons. The highest BCUT2D eigenvalue weighted by Gasteiger charge is 2.26. The van der Waals surface area contributed by atoms with Crippen LogP contribution in [0, 0.1) is 0 Å². The number of benzene rings is 2. The molecule has 0 saturated carbocycles. The van der Waals surface area contributed by atoms with Gasteiger partial charge in [0.2, 0.25) is 25.0 Å². The summed E-state index contributed by atoms with van der Waals surface area (Å²) in [6.45, 7) is 1.26. The molecule has 0 atom stereocenters. The Bertz CT molecular complexity index is 1310. The third kappa shape index (κ3) is 4.46. The van der Waals surface area contributed by atoms with Crippen LogP contribution in [-0.2, 0) is 24.6 Å². The predicted molar refractivity (Wildman–Crippen MR) is 115 cm³/mol. The highest BCUT2D eigenvalue weighted by Crippen LogP contribution is 2.24. The summed E-state index contributed by atoms with van der Waals surface area (Å²) in [4.78, 5) is 12.6. The summed E-state index contributed by atoms with van der Waals surface area (Å²) in [5, 5.41) is 2.22. The van der Waals surface area contributed by atoms with E-state index in [0.29, 0.717) is 18.9 Å². The molecule has 1 saturated heterocycles. The van der Waals surface area contributed by atoms with Crippen molar-refractivity contribution < 1.29 is 30.8 Å². The quantitative estimate of drug-likeness (QED) is 0.579. The zero-order valence-corrected chi connectivity index (χ0v) is 18.4. The molecule has 0 spiro atoms. The molecule has 1 aliphatic heterocycles. The van der Waals surface area contributed by atoms with Crippen molar-refractivity contribution in [1.29, 1.82) is 0 Å². The molecule has 32 heavy (non-hydrogen) atoms. The van der Waals surface area contributed by atoms with Crippen molar-refractivity contribution >= 4 is 31.5 Å². The fraction of sp³-hybridized carbons (Fsp3) is 0.190. The number of ether oxygens (including phenoxy) is 1.